The Hall–Kier alpha value is -4.36. The molecule has 1 aliphatic carbocycles. The van der Waals surface area contributed by atoms with Gasteiger partial charge in [0.25, 0.3) is 5.91 Å². The maximum Gasteiger partial charge on any atom is 0.287 e. The molecule has 1 saturated carbocycles. The summed E-state index contributed by atoms with van der Waals surface area (Å²) < 4.78 is 11.1. The third-order valence-corrected chi connectivity index (χ3v) is 9.19. The molecule has 2 heterocycles. The first-order chi connectivity index (χ1) is 21.9. The Morgan fingerprint density at radius 3 is 2.56 bits per heavy atom. The van der Waals surface area contributed by atoms with E-state index in [2.05, 4.69) is 35.7 Å². The smallest absolute Gasteiger partial charge is 0.287 e. The largest absolute Gasteiger partial charge is 0.497 e. The summed E-state index contributed by atoms with van der Waals surface area (Å²) in [5.41, 5.74) is 4.92. The molecular formula is C37H37ClN2O5. The number of halogens is 1. The number of amides is 2. The second kappa shape index (κ2) is 13.7. The lowest BCUT2D eigenvalue weighted by atomic mass is 9.79. The molecule has 45 heavy (non-hydrogen) atoms. The Bertz CT molecular complexity index is 1790. The summed E-state index contributed by atoms with van der Waals surface area (Å²) in [7, 11) is 1.54. The zero-order valence-corrected chi connectivity index (χ0v) is 26.1. The minimum Gasteiger partial charge on any atom is -0.497 e. The molecule has 232 valence electrons. The number of carbonyl (C=O) groups is 2. The van der Waals surface area contributed by atoms with Crippen LogP contribution in [0.15, 0.2) is 93.7 Å². The lowest BCUT2D eigenvalue weighted by molar-refractivity contribution is -0.128. The van der Waals surface area contributed by atoms with Crippen LogP contribution in [0.25, 0.3) is 11.0 Å². The van der Waals surface area contributed by atoms with Gasteiger partial charge in [-0.3, -0.25) is 14.4 Å². The number of allylic oxidation sites excluding steroid dienone is 1. The summed E-state index contributed by atoms with van der Waals surface area (Å²) in [6.45, 7) is 1.52. The van der Waals surface area contributed by atoms with E-state index in [-0.39, 0.29) is 23.1 Å². The lowest BCUT2D eigenvalue weighted by Gasteiger charge is -2.28. The number of nitrogens with zero attached hydrogens (tertiary/aromatic N) is 1. The molecule has 6 rings (SSSR count). The van der Waals surface area contributed by atoms with Crippen LogP contribution < -0.4 is 15.5 Å². The number of likely N-dealkylation sites (tertiary alicyclic amines) is 1. The van der Waals surface area contributed by atoms with Crippen molar-refractivity contribution in [3.05, 3.63) is 122 Å². The SMILES string of the molecule is COc1ccc2c(=O)cc(C(=O)N[C@H](C=C3CCC(c4ccccc4CN4CCCC4=O)CC3)Cc3ccc(Cl)cc3)oc2c1. The topological polar surface area (TPSA) is 88.9 Å². The van der Waals surface area contributed by atoms with Crippen molar-refractivity contribution in [2.45, 2.75) is 63.5 Å². The van der Waals surface area contributed by atoms with Crippen molar-refractivity contribution in [2.24, 2.45) is 0 Å². The van der Waals surface area contributed by atoms with E-state index in [0.717, 1.165) is 44.2 Å². The summed E-state index contributed by atoms with van der Waals surface area (Å²) in [4.78, 5) is 40.5. The third-order valence-electron chi connectivity index (χ3n) is 8.94. The molecular weight excluding hydrogens is 588 g/mol. The highest BCUT2D eigenvalue weighted by Crippen LogP contribution is 2.37. The molecule has 2 aliphatic rings. The standard InChI is InChI=1S/C37H37ClN2O5/c1-44-30-16-17-32-33(41)22-35(45-34(32)21-30)37(43)39-29(20-25-10-14-28(38)15-11-25)19-24-8-12-26(13-9-24)31-6-3-2-5-27(31)23-40-18-4-7-36(40)42/h2-3,5-6,10-11,14-17,19,21-22,26,29H,4,7-9,12-13,18,20,23H2,1H3,(H,39,43)/t26?,29-/m1/s1. The molecule has 1 N–H and O–H groups in total. The first-order valence-corrected chi connectivity index (χ1v) is 16.0. The zero-order valence-electron chi connectivity index (χ0n) is 25.4. The zero-order chi connectivity index (χ0) is 31.3. The minimum atomic E-state index is -0.452. The molecule has 1 atom stereocenters. The molecule has 0 bridgehead atoms. The van der Waals surface area contributed by atoms with Crippen LogP contribution >= 0.6 is 11.6 Å². The van der Waals surface area contributed by atoms with Crippen LogP contribution in [0.4, 0.5) is 0 Å². The van der Waals surface area contributed by atoms with Gasteiger partial charge in [0.05, 0.1) is 18.5 Å². The van der Waals surface area contributed by atoms with Gasteiger partial charge in [0.15, 0.2) is 11.2 Å². The van der Waals surface area contributed by atoms with Crippen LogP contribution in [0, 0.1) is 0 Å². The van der Waals surface area contributed by atoms with Gasteiger partial charge in [-0.1, -0.05) is 59.6 Å². The number of methoxy groups -OCH3 is 1. The Morgan fingerprint density at radius 2 is 1.82 bits per heavy atom. The van der Waals surface area contributed by atoms with E-state index < -0.39 is 5.91 Å². The van der Waals surface area contributed by atoms with Crippen LogP contribution in [-0.4, -0.2) is 36.4 Å². The van der Waals surface area contributed by atoms with Crippen molar-refractivity contribution in [2.75, 3.05) is 13.7 Å². The van der Waals surface area contributed by atoms with Gasteiger partial charge in [-0.15, -0.1) is 0 Å². The molecule has 0 radical (unpaired) electrons. The first-order valence-electron chi connectivity index (χ1n) is 15.6. The predicted octanol–water partition coefficient (Wildman–Crippen LogP) is 7.20. The summed E-state index contributed by atoms with van der Waals surface area (Å²) in [6, 6.07) is 22.0. The first kappa shape index (κ1) is 30.7. The summed E-state index contributed by atoms with van der Waals surface area (Å²) in [5.74, 6) is 0.708. The van der Waals surface area contributed by atoms with Crippen LogP contribution in [0.3, 0.4) is 0 Å². The Balaban J connectivity index is 1.19. The predicted molar refractivity (Wildman–Crippen MR) is 176 cm³/mol. The molecule has 1 aromatic heterocycles. The third kappa shape index (κ3) is 7.31. The van der Waals surface area contributed by atoms with Crippen LogP contribution in [0.2, 0.25) is 5.02 Å². The number of ether oxygens (including phenoxy) is 1. The fourth-order valence-electron chi connectivity index (χ4n) is 6.54. The number of fused-ring (bicyclic) bond motifs is 1. The van der Waals surface area contributed by atoms with E-state index >= 15 is 0 Å². The van der Waals surface area contributed by atoms with E-state index in [9.17, 15) is 14.4 Å². The van der Waals surface area contributed by atoms with Gasteiger partial charge in [-0.25, -0.2) is 0 Å². The number of hydrogen-bond donors (Lipinski definition) is 1. The maximum atomic E-state index is 13.5. The van der Waals surface area contributed by atoms with Gasteiger partial charge in [-0.2, -0.15) is 0 Å². The highest BCUT2D eigenvalue weighted by molar-refractivity contribution is 6.30. The Morgan fingerprint density at radius 1 is 1.04 bits per heavy atom. The fraction of sp³-hybridized carbons (Fsp3) is 0.324. The van der Waals surface area contributed by atoms with E-state index in [4.69, 9.17) is 20.8 Å². The van der Waals surface area contributed by atoms with E-state index in [1.54, 1.807) is 18.2 Å². The van der Waals surface area contributed by atoms with E-state index in [0.29, 0.717) is 47.0 Å². The highest BCUT2D eigenvalue weighted by Gasteiger charge is 2.25. The van der Waals surface area contributed by atoms with Crippen molar-refractivity contribution in [1.82, 2.24) is 10.2 Å². The van der Waals surface area contributed by atoms with E-state index in [1.165, 1.54) is 29.9 Å². The normalized spacial score (nSPS) is 17.4. The summed E-state index contributed by atoms with van der Waals surface area (Å²) in [6.07, 6.45) is 8.15. The molecule has 0 unspecified atom stereocenters. The molecule has 0 spiro atoms. The van der Waals surface area contributed by atoms with Gasteiger partial charge in [0.2, 0.25) is 5.91 Å². The van der Waals surface area contributed by atoms with Crippen molar-refractivity contribution >= 4 is 34.4 Å². The highest BCUT2D eigenvalue weighted by atomic mass is 35.5. The average molecular weight is 625 g/mol. The number of benzene rings is 3. The number of nitrogens with one attached hydrogen (secondary N) is 1. The lowest BCUT2D eigenvalue weighted by Crippen LogP contribution is -2.36. The van der Waals surface area contributed by atoms with Crippen molar-refractivity contribution < 1.29 is 18.7 Å². The molecule has 1 aliphatic heterocycles. The second-order valence-electron chi connectivity index (χ2n) is 12.0. The quantitative estimate of drug-likeness (QED) is 0.199. The minimum absolute atomic E-state index is 0.0444. The van der Waals surface area contributed by atoms with Crippen LogP contribution in [0.1, 0.15) is 71.7 Å². The molecule has 3 aromatic carbocycles. The fourth-order valence-corrected chi connectivity index (χ4v) is 6.67. The number of carbonyl (C=O) groups excluding carboxylic acids is 2. The van der Waals surface area contributed by atoms with Crippen molar-refractivity contribution in [1.29, 1.82) is 0 Å². The van der Waals surface area contributed by atoms with Gasteiger partial charge in [-0.05, 0) is 85.4 Å². The second-order valence-corrected chi connectivity index (χ2v) is 12.4. The molecule has 1 saturated heterocycles. The average Bonchev–Trinajstić information content (AvgIpc) is 3.46. The molecule has 2 amide bonds. The van der Waals surface area contributed by atoms with Crippen molar-refractivity contribution in [3.63, 3.8) is 0 Å². The van der Waals surface area contributed by atoms with Gasteiger partial charge in [0, 0.05) is 36.7 Å². The summed E-state index contributed by atoms with van der Waals surface area (Å²) >= 11 is 6.13. The van der Waals surface area contributed by atoms with Crippen LogP contribution in [0.5, 0.6) is 5.75 Å². The van der Waals surface area contributed by atoms with E-state index in [1.807, 2.05) is 29.2 Å². The molecule has 7 nitrogen and oxygen atoms in total. The molecule has 2 fully saturated rings. The van der Waals surface area contributed by atoms with Gasteiger partial charge in [0.1, 0.15) is 11.3 Å². The monoisotopic (exact) mass is 624 g/mol. The molecule has 4 aromatic rings. The van der Waals surface area contributed by atoms with Crippen LogP contribution in [-0.2, 0) is 17.8 Å². The molecule has 8 heteroatoms. The Kier molecular flexibility index (Phi) is 9.36. The number of rotatable bonds is 9. The van der Waals surface area contributed by atoms with Gasteiger partial charge >= 0.3 is 0 Å². The maximum absolute atomic E-state index is 13.5. The number of hydrogen-bond acceptors (Lipinski definition) is 5. The van der Waals surface area contributed by atoms with Crippen molar-refractivity contribution in [3.8, 4) is 5.75 Å². The van der Waals surface area contributed by atoms with Gasteiger partial charge < -0.3 is 19.4 Å². The Labute approximate surface area is 267 Å². The summed E-state index contributed by atoms with van der Waals surface area (Å²) in [5, 5.41) is 4.15.